The predicted molar refractivity (Wildman–Crippen MR) is 135 cm³/mol. The fourth-order valence-corrected chi connectivity index (χ4v) is 4.41. The van der Waals surface area contributed by atoms with Crippen molar-refractivity contribution in [2.24, 2.45) is 0 Å². The van der Waals surface area contributed by atoms with Crippen molar-refractivity contribution < 1.29 is 18.0 Å². The van der Waals surface area contributed by atoms with Crippen molar-refractivity contribution >= 4 is 11.6 Å². The van der Waals surface area contributed by atoms with Gasteiger partial charge in [0.05, 0.1) is 29.1 Å². The van der Waals surface area contributed by atoms with E-state index in [0.717, 1.165) is 28.8 Å². The van der Waals surface area contributed by atoms with E-state index in [1.807, 2.05) is 37.4 Å². The number of benzene rings is 2. The van der Waals surface area contributed by atoms with E-state index in [-0.39, 0.29) is 23.0 Å². The topological polar surface area (TPSA) is 86.8 Å². The quantitative estimate of drug-likeness (QED) is 0.346. The van der Waals surface area contributed by atoms with Gasteiger partial charge >= 0.3 is 6.18 Å². The van der Waals surface area contributed by atoms with E-state index in [1.165, 1.54) is 24.3 Å². The predicted octanol–water partition coefficient (Wildman–Crippen LogP) is 5.59. The molecular weight excluding hydrogens is 493 g/mol. The number of hydrogen-bond acceptors (Lipinski definition) is 5. The summed E-state index contributed by atoms with van der Waals surface area (Å²) in [6, 6.07) is 21.7. The Bertz CT molecular complexity index is 1510. The Kier molecular flexibility index (Phi) is 6.70. The molecule has 2 aromatic carbocycles. The number of halogens is 3. The lowest BCUT2D eigenvalue weighted by molar-refractivity contribution is -0.141. The highest BCUT2D eigenvalue weighted by Crippen LogP contribution is 2.37. The molecule has 1 N–H and O–H groups in total. The number of rotatable bonds is 7. The number of carbonyl (C=O) groups is 1. The van der Waals surface area contributed by atoms with E-state index >= 15 is 0 Å². The van der Waals surface area contributed by atoms with E-state index in [1.54, 1.807) is 24.4 Å². The first-order valence-electron chi connectivity index (χ1n) is 12.0. The molecule has 1 amide bonds. The van der Waals surface area contributed by atoms with Gasteiger partial charge in [-0.25, -0.2) is 4.68 Å². The summed E-state index contributed by atoms with van der Waals surface area (Å²) in [6.45, 7) is 0. The van der Waals surface area contributed by atoms with Gasteiger partial charge in [0.2, 0.25) is 0 Å². The molecule has 2 aromatic heterocycles. The fourth-order valence-electron chi connectivity index (χ4n) is 4.41. The molecule has 1 aliphatic rings. The molecular formula is C28H23F3N6O. The van der Waals surface area contributed by atoms with Crippen LogP contribution in [0.25, 0.3) is 5.69 Å². The first kappa shape index (κ1) is 25.2. The lowest BCUT2D eigenvalue weighted by atomic mass is 10.0. The van der Waals surface area contributed by atoms with Gasteiger partial charge in [-0.1, -0.05) is 24.3 Å². The molecule has 0 saturated heterocycles. The second kappa shape index (κ2) is 10.1. The number of nitrogens with zero attached hydrogens (tertiary/aromatic N) is 5. The second-order valence-electron chi connectivity index (χ2n) is 9.12. The van der Waals surface area contributed by atoms with Gasteiger partial charge in [-0.15, -0.1) is 0 Å². The van der Waals surface area contributed by atoms with Crippen molar-refractivity contribution in [2.45, 2.75) is 31.1 Å². The van der Waals surface area contributed by atoms with Gasteiger partial charge in [0, 0.05) is 24.0 Å². The Morgan fingerprint density at radius 2 is 1.89 bits per heavy atom. The van der Waals surface area contributed by atoms with Crippen LogP contribution in [0.2, 0.25) is 0 Å². The highest BCUT2D eigenvalue weighted by molar-refractivity contribution is 6.03. The zero-order valence-electron chi connectivity index (χ0n) is 20.4. The van der Waals surface area contributed by atoms with Gasteiger partial charge in [-0.05, 0) is 67.9 Å². The van der Waals surface area contributed by atoms with Gasteiger partial charge in [-0.3, -0.25) is 14.7 Å². The molecule has 7 nitrogen and oxygen atoms in total. The lowest BCUT2D eigenvalue weighted by Gasteiger charge is -2.28. The summed E-state index contributed by atoms with van der Waals surface area (Å²) in [7, 11) is 2.04. The van der Waals surface area contributed by atoms with Crippen LogP contribution >= 0.6 is 0 Å². The molecule has 1 atom stereocenters. The fraction of sp³-hybridized carbons (Fsp3) is 0.214. The van der Waals surface area contributed by atoms with E-state index in [4.69, 9.17) is 0 Å². The van der Waals surface area contributed by atoms with E-state index in [9.17, 15) is 23.2 Å². The standard InChI is InChI=1S/C28H23F3N6O/c1-36(21-11-12-21)26(23-10-2-3-13-33-23)19-7-5-8-20(15-19)34-27(38)24-16-25(28(29,30)31)35-37(24)22-9-4-6-18(14-22)17-32/h2-10,13-16,21,26H,11-12H2,1H3,(H,34,38). The van der Waals surface area contributed by atoms with Crippen molar-refractivity contribution in [3.63, 3.8) is 0 Å². The molecule has 1 unspecified atom stereocenters. The first-order chi connectivity index (χ1) is 18.2. The molecule has 1 fully saturated rings. The molecule has 38 heavy (non-hydrogen) atoms. The molecule has 5 rings (SSSR count). The van der Waals surface area contributed by atoms with Crippen molar-refractivity contribution in [3.8, 4) is 11.8 Å². The average molecular weight is 517 g/mol. The van der Waals surface area contributed by atoms with Gasteiger partial charge in [0.1, 0.15) is 5.69 Å². The molecule has 2 heterocycles. The third kappa shape index (κ3) is 5.28. The van der Waals surface area contributed by atoms with Crippen molar-refractivity contribution in [3.05, 3.63) is 107 Å². The average Bonchev–Trinajstić information content (AvgIpc) is 3.66. The number of pyridine rings is 1. The molecule has 0 radical (unpaired) electrons. The van der Waals surface area contributed by atoms with Crippen LogP contribution in [0.5, 0.6) is 0 Å². The van der Waals surface area contributed by atoms with Crippen LogP contribution in [-0.2, 0) is 6.18 Å². The summed E-state index contributed by atoms with van der Waals surface area (Å²) in [6.07, 6.45) is -0.838. The van der Waals surface area contributed by atoms with Gasteiger partial charge in [0.15, 0.2) is 5.69 Å². The number of nitrogens with one attached hydrogen (secondary N) is 1. The van der Waals surface area contributed by atoms with E-state index in [0.29, 0.717) is 17.8 Å². The van der Waals surface area contributed by atoms with Crippen LogP contribution < -0.4 is 5.32 Å². The zero-order chi connectivity index (χ0) is 26.9. The van der Waals surface area contributed by atoms with Gasteiger partial charge < -0.3 is 5.32 Å². The zero-order valence-corrected chi connectivity index (χ0v) is 20.4. The first-order valence-corrected chi connectivity index (χ1v) is 12.0. The number of aromatic nitrogens is 3. The van der Waals surface area contributed by atoms with Crippen molar-refractivity contribution in [2.75, 3.05) is 12.4 Å². The van der Waals surface area contributed by atoms with Crippen LogP contribution in [0, 0.1) is 11.3 Å². The van der Waals surface area contributed by atoms with Gasteiger partial charge in [0.25, 0.3) is 5.91 Å². The molecule has 4 aromatic rings. The summed E-state index contributed by atoms with van der Waals surface area (Å²) in [5, 5.41) is 15.6. The Hall–Kier alpha value is -4.49. The van der Waals surface area contributed by atoms with Crippen LogP contribution in [-0.4, -0.2) is 38.7 Å². The summed E-state index contributed by atoms with van der Waals surface area (Å²) >= 11 is 0. The van der Waals surface area contributed by atoms with E-state index < -0.39 is 17.8 Å². The Labute approximate surface area is 217 Å². The number of anilines is 1. The smallest absolute Gasteiger partial charge is 0.321 e. The number of nitriles is 1. The number of amides is 1. The third-order valence-electron chi connectivity index (χ3n) is 6.41. The minimum atomic E-state index is -4.75. The summed E-state index contributed by atoms with van der Waals surface area (Å²) in [4.78, 5) is 20.1. The number of carbonyl (C=O) groups excluding carboxylic acids is 1. The molecule has 192 valence electrons. The molecule has 0 aliphatic heterocycles. The maximum absolute atomic E-state index is 13.5. The van der Waals surface area contributed by atoms with Gasteiger partial charge in [-0.2, -0.15) is 23.5 Å². The molecule has 1 saturated carbocycles. The third-order valence-corrected chi connectivity index (χ3v) is 6.41. The largest absolute Gasteiger partial charge is 0.435 e. The van der Waals surface area contributed by atoms with Crippen LogP contribution in [0.1, 0.15) is 51.9 Å². The van der Waals surface area contributed by atoms with Crippen LogP contribution in [0.3, 0.4) is 0 Å². The molecule has 0 spiro atoms. The molecule has 0 bridgehead atoms. The number of alkyl halides is 3. The summed E-state index contributed by atoms with van der Waals surface area (Å²) in [5.41, 5.74) is 1.04. The van der Waals surface area contributed by atoms with Crippen LogP contribution in [0.4, 0.5) is 18.9 Å². The molecule has 1 aliphatic carbocycles. The SMILES string of the molecule is CN(C1CC1)C(c1cccc(NC(=O)c2cc(C(F)(F)F)nn2-c2cccc(C#N)c2)c1)c1ccccn1. The highest BCUT2D eigenvalue weighted by Gasteiger charge is 2.36. The maximum Gasteiger partial charge on any atom is 0.435 e. The number of hydrogen-bond donors (Lipinski definition) is 1. The summed E-state index contributed by atoms with van der Waals surface area (Å²) in [5.74, 6) is -0.766. The Balaban J connectivity index is 1.48. The summed E-state index contributed by atoms with van der Waals surface area (Å²) < 4.78 is 41.4. The van der Waals surface area contributed by atoms with Crippen LogP contribution in [0.15, 0.2) is 79.0 Å². The minimum absolute atomic E-state index is 0.156. The lowest BCUT2D eigenvalue weighted by Crippen LogP contribution is -2.28. The normalized spacial score (nSPS) is 14.2. The second-order valence-corrected chi connectivity index (χ2v) is 9.12. The van der Waals surface area contributed by atoms with Crippen molar-refractivity contribution in [1.29, 1.82) is 5.26 Å². The molecule has 10 heteroatoms. The maximum atomic E-state index is 13.5. The van der Waals surface area contributed by atoms with E-state index in [2.05, 4.69) is 20.3 Å². The Morgan fingerprint density at radius 1 is 1.11 bits per heavy atom. The Morgan fingerprint density at radius 3 is 2.58 bits per heavy atom. The minimum Gasteiger partial charge on any atom is -0.321 e. The monoisotopic (exact) mass is 516 g/mol. The highest BCUT2D eigenvalue weighted by atomic mass is 19.4. The van der Waals surface area contributed by atoms with Crippen molar-refractivity contribution in [1.82, 2.24) is 19.7 Å².